The van der Waals surface area contributed by atoms with Crippen molar-refractivity contribution in [2.75, 3.05) is 5.73 Å². The highest BCUT2D eigenvalue weighted by molar-refractivity contribution is 9.10. The molecule has 4 nitrogen and oxygen atoms in total. The maximum atomic E-state index is 6.02. The molecule has 1 aromatic heterocycles. The van der Waals surface area contributed by atoms with E-state index in [1.807, 2.05) is 13.0 Å². The zero-order chi connectivity index (χ0) is 12.4. The van der Waals surface area contributed by atoms with Crippen LogP contribution in [0.5, 0.6) is 11.6 Å². The van der Waals surface area contributed by atoms with Gasteiger partial charge in [0.15, 0.2) is 0 Å². The topological polar surface area (TPSA) is 61.0 Å². The molecular formula is C11H9BrClN3O. The van der Waals surface area contributed by atoms with Gasteiger partial charge in [0.25, 0.3) is 0 Å². The summed E-state index contributed by atoms with van der Waals surface area (Å²) in [5.74, 6) is 1.08. The summed E-state index contributed by atoms with van der Waals surface area (Å²) < 4.78 is 6.48. The molecule has 0 aliphatic heterocycles. The van der Waals surface area contributed by atoms with Crippen LogP contribution in [0, 0.1) is 6.92 Å². The Hall–Kier alpha value is -1.33. The van der Waals surface area contributed by atoms with E-state index in [1.54, 1.807) is 18.3 Å². The quantitative estimate of drug-likeness (QED) is 0.920. The molecule has 1 heterocycles. The Labute approximate surface area is 112 Å². The molecule has 0 saturated heterocycles. The van der Waals surface area contributed by atoms with E-state index in [4.69, 9.17) is 22.1 Å². The summed E-state index contributed by atoms with van der Waals surface area (Å²) in [5.41, 5.74) is 6.29. The second kappa shape index (κ2) is 4.89. The number of rotatable bonds is 2. The molecular weight excluding hydrogens is 305 g/mol. The third-order valence-electron chi connectivity index (χ3n) is 2.04. The van der Waals surface area contributed by atoms with E-state index in [0.717, 1.165) is 10.0 Å². The molecule has 0 atom stereocenters. The van der Waals surface area contributed by atoms with Crippen LogP contribution in [0.2, 0.25) is 5.02 Å². The highest BCUT2D eigenvalue weighted by Crippen LogP contribution is 2.32. The average Bonchev–Trinajstić information content (AvgIpc) is 2.28. The lowest BCUT2D eigenvalue weighted by Gasteiger charge is -2.09. The van der Waals surface area contributed by atoms with Gasteiger partial charge in [-0.25, -0.2) is 4.98 Å². The normalized spacial score (nSPS) is 10.3. The number of anilines is 1. The van der Waals surface area contributed by atoms with Crippen LogP contribution in [-0.4, -0.2) is 9.97 Å². The van der Waals surface area contributed by atoms with E-state index in [0.29, 0.717) is 16.7 Å². The number of benzene rings is 1. The molecule has 0 fully saturated rings. The summed E-state index contributed by atoms with van der Waals surface area (Å²) in [5, 5.41) is 0.504. The third-order valence-corrected chi connectivity index (χ3v) is 2.85. The number of aryl methyl sites for hydroxylation is 1. The fourth-order valence-corrected chi connectivity index (χ4v) is 1.70. The van der Waals surface area contributed by atoms with Crippen LogP contribution in [-0.2, 0) is 0 Å². The van der Waals surface area contributed by atoms with Gasteiger partial charge >= 0.3 is 0 Å². The Morgan fingerprint density at radius 1 is 1.41 bits per heavy atom. The van der Waals surface area contributed by atoms with E-state index < -0.39 is 0 Å². The lowest BCUT2D eigenvalue weighted by atomic mass is 10.3. The largest absolute Gasteiger partial charge is 0.437 e. The van der Waals surface area contributed by atoms with Crippen molar-refractivity contribution in [1.29, 1.82) is 0 Å². The highest BCUT2D eigenvalue weighted by Gasteiger charge is 2.08. The fourth-order valence-electron chi connectivity index (χ4n) is 1.20. The Balaban J connectivity index is 2.37. The lowest BCUT2D eigenvalue weighted by Crippen LogP contribution is -1.99. The number of aromatic nitrogens is 2. The van der Waals surface area contributed by atoms with Gasteiger partial charge in [-0.05, 0) is 25.1 Å². The van der Waals surface area contributed by atoms with Crippen LogP contribution in [0.3, 0.4) is 0 Å². The predicted octanol–water partition coefficient (Wildman–Crippen LogP) is 3.58. The van der Waals surface area contributed by atoms with E-state index >= 15 is 0 Å². The van der Waals surface area contributed by atoms with Gasteiger partial charge in [0.2, 0.25) is 11.8 Å². The number of nitrogen functional groups attached to an aromatic ring is 1. The molecule has 0 aliphatic rings. The van der Waals surface area contributed by atoms with Gasteiger partial charge < -0.3 is 10.5 Å². The lowest BCUT2D eigenvalue weighted by molar-refractivity contribution is 0.458. The molecule has 6 heteroatoms. The molecule has 0 spiro atoms. The number of halogens is 2. The second-order valence-corrected chi connectivity index (χ2v) is 4.72. The van der Waals surface area contributed by atoms with E-state index in [2.05, 4.69) is 25.9 Å². The van der Waals surface area contributed by atoms with Crippen LogP contribution in [0.25, 0.3) is 0 Å². The number of nitrogens with two attached hydrogens (primary N) is 1. The summed E-state index contributed by atoms with van der Waals surface area (Å²) in [6.45, 7) is 1.83. The third kappa shape index (κ3) is 2.87. The van der Waals surface area contributed by atoms with Crippen molar-refractivity contribution < 1.29 is 4.74 Å². The monoisotopic (exact) mass is 313 g/mol. The molecule has 0 bridgehead atoms. The molecule has 1 aromatic carbocycles. The van der Waals surface area contributed by atoms with Gasteiger partial charge in [-0.15, -0.1) is 0 Å². The summed E-state index contributed by atoms with van der Waals surface area (Å²) in [6.07, 6.45) is 1.60. The molecule has 88 valence electrons. The SMILES string of the molecule is Cc1cnc(N)nc1Oc1cc(Br)ccc1Cl. The van der Waals surface area contributed by atoms with Gasteiger partial charge in [-0.1, -0.05) is 27.5 Å². The Kier molecular flexibility index (Phi) is 3.49. The van der Waals surface area contributed by atoms with Crippen LogP contribution in [0.1, 0.15) is 5.56 Å². The zero-order valence-corrected chi connectivity index (χ0v) is 11.3. The van der Waals surface area contributed by atoms with Gasteiger partial charge in [0.1, 0.15) is 5.75 Å². The smallest absolute Gasteiger partial charge is 0.227 e. The van der Waals surface area contributed by atoms with Gasteiger partial charge in [0, 0.05) is 16.2 Å². The number of hydrogen-bond donors (Lipinski definition) is 1. The van der Waals surface area contributed by atoms with Crippen LogP contribution >= 0.6 is 27.5 Å². The number of nitrogens with zero attached hydrogens (tertiary/aromatic N) is 2. The summed E-state index contributed by atoms with van der Waals surface area (Å²) in [4.78, 5) is 7.87. The Morgan fingerprint density at radius 2 is 2.18 bits per heavy atom. The molecule has 17 heavy (non-hydrogen) atoms. The Bertz CT molecular complexity index is 513. The molecule has 0 unspecified atom stereocenters. The molecule has 0 radical (unpaired) electrons. The minimum atomic E-state index is 0.164. The summed E-state index contributed by atoms with van der Waals surface area (Å²) in [6, 6.07) is 5.33. The van der Waals surface area contributed by atoms with Crippen molar-refractivity contribution in [2.24, 2.45) is 0 Å². The van der Waals surface area contributed by atoms with Crippen LogP contribution < -0.4 is 10.5 Å². The highest BCUT2D eigenvalue weighted by atomic mass is 79.9. The molecule has 0 aliphatic carbocycles. The molecule has 0 saturated carbocycles. The average molecular weight is 315 g/mol. The predicted molar refractivity (Wildman–Crippen MR) is 70.4 cm³/mol. The first-order valence-electron chi connectivity index (χ1n) is 4.78. The zero-order valence-electron chi connectivity index (χ0n) is 8.95. The van der Waals surface area contributed by atoms with Crippen LogP contribution in [0.4, 0.5) is 5.95 Å². The number of hydrogen-bond acceptors (Lipinski definition) is 4. The first-order chi connectivity index (χ1) is 8.06. The van der Waals surface area contributed by atoms with Crippen LogP contribution in [0.15, 0.2) is 28.9 Å². The summed E-state index contributed by atoms with van der Waals surface area (Å²) >= 11 is 9.36. The van der Waals surface area contributed by atoms with Crippen molar-refractivity contribution in [2.45, 2.75) is 6.92 Å². The first kappa shape index (κ1) is 12.1. The molecule has 2 aromatic rings. The van der Waals surface area contributed by atoms with E-state index in [1.165, 1.54) is 0 Å². The van der Waals surface area contributed by atoms with Gasteiger partial charge in [0.05, 0.1) is 5.02 Å². The molecule has 2 rings (SSSR count). The second-order valence-electron chi connectivity index (χ2n) is 3.39. The van der Waals surface area contributed by atoms with Crippen molar-refractivity contribution in [3.8, 4) is 11.6 Å². The standard InChI is InChI=1S/C11H9BrClN3O/c1-6-5-15-11(14)16-10(6)17-9-4-7(12)2-3-8(9)13/h2-5H,1H3,(H2,14,15,16). The van der Waals surface area contributed by atoms with Crippen molar-refractivity contribution in [1.82, 2.24) is 9.97 Å². The minimum Gasteiger partial charge on any atom is -0.437 e. The number of ether oxygens (including phenoxy) is 1. The van der Waals surface area contributed by atoms with E-state index in [9.17, 15) is 0 Å². The van der Waals surface area contributed by atoms with Crippen molar-refractivity contribution >= 4 is 33.5 Å². The van der Waals surface area contributed by atoms with Crippen molar-refractivity contribution in [3.63, 3.8) is 0 Å². The summed E-state index contributed by atoms with van der Waals surface area (Å²) in [7, 11) is 0. The van der Waals surface area contributed by atoms with Gasteiger partial charge in [-0.2, -0.15) is 4.98 Å². The van der Waals surface area contributed by atoms with E-state index in [-0.39, 0.29) is 5.95 Å². The first-order valence-corrected chi connectivity index (χ1v) is 5.95. The van der Waals surface area contributed by atoms with Gasteiger partial charge in [-0.3, -0.25) is 0 Å². The maximum Gasteiger partial charge on any atom is 0.227 e. The fraction of sp³-hybridized carbons (Fsp3) is 0.0909. The van der Waals surface area contributed by atoms with Crippen molar-refractivity contribution in [3.05, 3.63) is 39.5 Å². The maximum absolute atomic E-state index is 6.02. The molecule has 0 amide bonds. The Morgan fingerprint density at radius 3 is 2.94 bits per heavy atom. The minimum absolute atomic E-state index is 0.164. The molecule has 2 N–H and O–H groups in total.